The normalized spacial score (nSPS) is 22.9. The third kappa shape index (κ3) is 9.89. The molecule has 54 heavy (non-hydrogen) atoms. The van der Waals surface area contributed by atoms with Crippen LogP contribution in [0.3, 0.4) is 0 Å². The summed E-state index contributed by atoms with van der Waals surface area (Å²) in [4.78, 5) is 65.7. The third-order valence-corrected chi connectivity index (χ3v) is 11.9. The van der Waals surface area contributed by atoms with Crippen molar-refractivity contribution < 1.29 is 41.8 Å². The van der Waals surface area contributed by atoms with Gasteiger partial charge in [-0.15, -0.1) is 13.2 Å². The van der Waals surface area contributed by atoms with Crippen molar-refractivity contribution in [2.24, 2.45) is 11.8 Å². The fraction of sp³-hybridized carbons (Fsp3) is 0.579. The summed E-state index contributed by atoms with van der Waals surface area (Å²) in [5, 5.41) is 2.10. The first-order chi connectivity index (χ1) is 25.5. The number of nitrogens with zero attached hydrogens (tertiary/aromatic N) is 3. The molecule has 2 N–H and O–H groups in total. The summed E-state index contributed by atoms with van der Waals surface area (Å²) >= 11 is 6.50. The number of sulfonamides is 1. The molecule has 5 rings (SSSR count). The topological polar surface area (TPSA) is 183 Å². The molecule has 16 heteroatoms. The van der Waals surface area contributed by atoms with Crippen molar-refractivity contribution in [2.45, 2.75) is 114 Å². The van der Waals surface area contributed by atoms with E-state index < -0.39 is 74.1 Å². The van der Waals surface area contributed by atoms with Crippen LogP contribution in [-0.4, -0.2) is 89.2 Å². The Morgan fingerprint density at radius 3 is 2.48 bits per heavy atom. The molecule has 2 aliphatic carbocycles. The highest BCUT2D eigenvalue weighted by molar-refractivity contribution is 7.91. The van der Waals surface area contributed by atoms with Gasteiger partial charge in [0, 0.05) is 24.3 Å². The van der Waals surface area contributed by atoms with Crippen LogP contribution in [0.1, 0.15) is 85.0 Å². The van der Waals surface area contributed by atoms with E-state index in [4.69, 9.17) is 25.8 Å². The van der Waals surface area contributed by atoms with Crippen molar-refractivity contribution in [1.29, 1.82) is 0 Å². The molecule has 294 valence electrons. The molecule has 0 unspecified atom stereocenters. The van der Waals surface area contributed by atoms with E-state index in [1.165, 1.54) is 18.1 Å². The lowest BCUT2D eigenvalue weighted by atomic mass is 9.95. The summed E-state index contributed by atoms with van der Waals surface area (Å²) in [7, 11) is -2.39. The van der Waals surface area contributed by atoms with Gasteiger partial charge in [0.15, 0.2) is 5.15 Å². The maximum Gasteiger partial charge on any atom is 0.307 e. The Kier molecular flexibility index (Phi) is 12.6. The van der Waals surface area contributed by atoms with Crippen molar-refractivity contribution in [1.82, 2.24) is 24.9 Å². The summed E-state index contributed by atoms with van der Waals surface area (Å²) in [5.74, 6) is -3.37. The molecule has 1 aliphatic heterocycles. The third-order valence-electron chi connectivity index (χ3n) is 9.82. The molecule has 0 spiro atoms. The van der Waals surface area contributed by atoms with Crippen molar-refractivity contribution in [3.8, 4) is 11.6 Å². The van der Waals surface area contributed by atoms with Crippen molar-refractivity contribution >= 4 is 56.3 Å². The minimum Gasteiger partial charge on any atom is -0.497 e. The van der Waals surface area contributed by atoms with Gasteiger partial charge < -0.3 is 24.4 Å². The van der Waals surface area contributed by atoms with Crippen LogP contribution in [0.2, 0.25) is 5.15 Å². The predicted molar refractivity (Wildman–Crippen MR) is 202 cm³/mol. The Hall–Kier alpha value is -4.24. The number of hydrogen-bond acceptors (Lipinski definition) is 11. The number of nitrogens with one attached hydrogen (secondary N) is 2. The minimum absolute atomic E-state index is 0.0153. The average molecular weight is 788 g/mol. The predicted octanol–water partition coefficient (Wildman–Crippen LogP) is 4.79. The maximum absolute atomic E-state index is 14.5. The van der Waals surface area contributed by atoms with Crippen LogP contribution in [0.15, 0.2) is 43.5 Å². The number of aromatic nitrogens is 2. The maximum atomic E-state index is 14.5. The van der Waals surface area contributed by atoms with E-state index in [1.54, 1.807) is 39.0 Å². The van der Waals surface area contributed by atoms with Crippen LogP contribution in [0.5, 0.6) is 11.6 Å². The molecule has 1 aromatic carbocycles. The first-order valence-electron chi connectivity index (χ1n) is 18.3. The number of likely N-dealkylation sites (tertiary alicyclic amines) is 1. The molecule has 1 saturated heterocycles. The van der Waals surface area contributed by atoms with E-state index in [-0.39, 0.29) is 36.8 Å². The van der Waals surface area contributed by atoms with Gasteiger partial charge in [-0.25, -0.2) is 18.4 Å². The molecule has 0 bridgehead atoms. The Labute approximate surface area is 321 Å². The van der Waals surface area contributed by atoms with Gasteiger partial charge in [0.05, 0.1) is 36.4 Å². The lowest BCUT2D eigenvalue weighted by Crippen LogP contribution is -2.57. The number of hydrogen-bond donors (Lipinski definition) is 2. The number of benzene rings is 1. The highest BCUT2D eigenvalue weighted by Crippen LogP contribution is 2.45. The number of carbonyl (C=O) groups is 4. The molecule has 5 atom stereocenters. The average Bonchev–Trinajstić information content (AvgIpc) is 4.03. The second-order valence-corrected chi connectivity index (χ2v) is 17.6. The quantitative estimate of drug-likeness (QED) is 0.120. The first-order valence-corrected chi connectivity index (χ1v) is 20.2. The zero-order chi connectivity index (χ0) is 39.4. The number of methoxy groups -OCH3 is 1. The SMILES string of the molecule is C=CCCCCC[C@H](CC(=O)OC(C)(C)C)C(=O)N1C[C@H](Oc2nc3cc(OC)ccc3nc2Cl)C[C@H]1C(=O)N[C@]1(C(=O)NS(=O)(=O)C2CC2)C[C@H]1C=C. The number of halogens is 1. The van der Waals surface area contributed by atoms with E-state index in [9.17, 15) is 27.6 Å². The zero-order valence-corrected chi connectivity index (χ0v) is 32.8. The van der Waals surface area contributed by atoms with Gasteiger partial charge in [0.2, 0.25) is 21.8 Å². The molecule has 1 aromatic heterocycles. The highest BCUT2D eigenvalue weighted by Gasteiger charge is 2.62. The number of unbranched alkanes of at least 4 members (excludes halogenated alkanes) is 3. The monoisotopic (exact) mass is 787 g/mol. The Balaban J connectivity index is 1.43. The lowest BCUT2D eigenvalue weighted by Gasteiger charge is -2.30. The Morgan fingerprint density at radius 2 is 1.85 bits per heavy atom. The van der Waals surface area contributed by atoms with Gasteiger partial charge in [-0.1, -0.05) is 36.6 Å². The van der Waals surface area contributed by atoms with Gasteiger partial charge in [0.25, 0.3) is 11.8 Å². The number of fused-ring (bicyclic) bond motifs is 1. The van der Waals surface area contributed by atoms with Gasteiger partial charge in [0.1, 0.15) is 29.0 Å². The van der Waals surface area contributed by atoms with Gasteiger partial charge in [-0.2, -0.15) is 0 Å². The molecular weight excluding hydrogens is 738 g/mol. The first kappa shape index (κ1) is 40.9. The van der Waals surface area contributed by atoms with Crippen LogP contribution in [0, 0.1) is 11.8 Å². The van der Waals surface area contributed by atoms with Crippen molar-refractivity contribution in [2.75, 3.05) is 13.7 Å². The second kappa shape index (κ2) is 16.6. The van der Waals surface area contributed by atoms with Gasteiger partial charge in [-0.3, -0.25) is 23.9 Å². The van der Waals surface area contributed by atoms with Crippen LogP contribution < -0.4 is 19.5 Å². The van der Waals surface area contributed by atoms with Crippen LogP contribution in [0.25, 0.3) is 11.0 Å². The van der Waals surface area contributed by atoms with E-state index >= 15 is 0 Å². The molecular formula is C38H50ClN5O9S. The second-order valence-electron chi connectivity index (χ2n) is 15.3. The van der Waals surface area contributed by atoms with Crippen LogP contribution in [0.4, 0.5) is 0 Å². The number of allylic oxidation sites excluding steroid dienone is 1. The number of carbonyl (C=O) groups excluding carboxylic acids is 4. The van der Waals surface area contributed by atoms with E-state index in [0.717, 1.165) is 19.3 Å². The highest BCUT2D eigenvalue weighted by atomic mass is 35.5. The lowest BCUT2D eigenvalue weighted by molar-refractivity contribution is -0.159. The van der Waals surface area contributed by atoms with Crippen molar-refractivity contribution in [3.05, 3.63) is 48.7 Å². The molecule has 3 amide bonds. The number of ether oxygens (including phenoxy) is 3. The number of amides is 3. The van der Waals surface area contributed by atoms with Crippen LogP contribution in [-0.2, 0) is 33.9 Å². The van der Waals surface area contributed by atoms with Crippen molar-refractivity contribution in [3.63, 3.8) is 0 Å². The Bertz CT molecular complexity index is 1900. The summed E-state index contributed by atoms with van der Waals surface area (Å²) in [6, 6.07) is 3.93. The molecule has 2 saturated carbocycles. The summed E-state index contributed by atoms with van der Waals surface area (Å²) in [6.45, 7) is 12.7. The standard InChI is InChI=1S/C38H50ClN5O9S/c1-7-9-10-11-12-13-23(18-31(45)53-37(3,4)5)35(47)44-22-26(52-34-32(39)40-28-17-14-25(51-6)19-29(28)41-34)20-30(44)33(46)42-38(21-24(38)8-2)36(48)43-54(49,50)27-15-16-27/h7-8,14,17,19,23-24,26-27,30H,1-2,9-13,15-16,18,20-22H2,3-6H3,(H,42,46)(H,43,48)/t23-,24-,26-,30+,38-/m1/s1. The van der Waals surface area contributed by atoms with Crippen LogP contribution >= 0.6 is 11.6 Å². The number of esters is 1. The molecule has 3 fully saturated rings. The van der Waals surface area contributed by atoms with E-state index in [1.807, 2.05) is 6.08 Å². The molecule has 0 radical (unpaired) electrons. The fourth-order valence-electron chi connectivity index (χ4n) is 6.74. The zero-order valence-electron chi connectivity index (χ0n) is 31.3. The fourth-order valence-corrected chi connectivity index (χ4v) is 8.28. The van der Waals surface area contributed by atoms with E-state index in [0.29, 0.717) is 42.5 Å². The smallest absolute Gasteiger partial charge is 0.307 e. The Morgan fingerprint density at radius 1 is 1.11 bits per heavy atom. The molecule has 14 nitrogen and oxygen atoms in total. The number of rotatable bonds is 18. The summed E-state index contributed by atoms with van der Waals surface area (Å²) in [6.07, 6.45) is 6.79. The van der Waals surface area contributed by atoms with Gasteiger partial charge >= 0.3 is 5.97 Å². The van der Waals surface area contributed by atoms with Gasteiger partial charge in [-0.05, 0) is 71.4 Å². The summed E-state index contributed by atoms with van der Waals surface area (Å²) < 4.78 is 44.7. The molecule has 2 heterocycles. The van der Waals surface area contributed by atoms with E-state index in [2.05, 4.69) is 33.2 Å². The molecule has 2 aromatic rings. The summed E-state index contributed by atoms with van der Waals surface area (Å²) in [5.41, 5.74) is -1.40. The largest absolute Gasteiger partial charge is 0.497 e. The molecule has 3 aliphatic rings. The minimum atomic E-state index is -3.91.